The highest BCUT2D eigenvalue weighted by molar-refractivity contribution is 5.89. The number of hydrogen-bond donors (Lipinski definition) is 2. The van der Waals surface area contributed by atoms with Crippen LogP contribution in [0.15, 0.2) is 0 Å². The molecule has 0 saturated carbocycles. The molecule has 15 heavy (non-hydrogen) atoms. The van der Waals surface area contributed by atoms with Gasteiger partial charge in [0, 0.05) is 12.0 Å². The van der Waals surface area contributed by atoms with Gasteiger partial charge >= 0.3 is 0 Å². The highest BCUT2D eigenvalue weighted by atomic mass is 16.2. The summed E-state index contributed by atoms with van der Waals surface area (Å²) in [5.41, 5.74) is -0.438. The summed E-state index contributed by atoms with van der Waals surface area (Å²) in [7, 11) is 0. The standard InChI is InChI=1S/C11H20N2O2/c1-11(2,3)10(15)13-8-6-4-5-7-12-9(8)14/h8H,4-7H2,1-3H3,(H,12,14)(H,13,15)/t8-/m0/s1. The molecule has 4 heteroatoms. The van der Waals surface area contributed by atoms with Gasteiger partial charge in [0.15, 0.2) is 0 Å². The van der Waals surface area contributed by atoms with Crippen LogP contribution in [0.2, 0.25) is 0 Å². The molecule has 1 atom stereocenters. The second-order valence-electron chi connectivity index (χ2n) is 5.06. The Balaban J connectivity index is 2.56. The Morgan fingerprint density at radius 1 is 1.40 bits per heavy atom. The van der Waals surface area contributed by atoms with Gasteiger partial charge in [0.2, 0.25) is 11.8 Å². The summed E-state index contributed by atoms with van der Waals surface area (Å²) < 4.78 is 0. The topological polar surface area (TPSA) is 58.2 Å². The van der Waals surface area contributed by atoms with Gasteiger partial charge in [0.25, 0.3) is 0 Å². The second kappa shape index (κ2) is 4.64. The number of carbonyl (C=O) groups excluding carboxylic acids is 2. The van der Waals surface area contributed by atoms with Crippen LogP contribution < -0.4 is 10.6 Å². The van der Waals surface area contributed by atoms with Crippen molar-refractivity contribution in [3.05, 3.63) is 0 Å². The molecule has 1 aliphatic heterocycles. The van der Waals surface area contributed by atoms with Crippen LogP contribution in [0, 0.1) is 5.41 Å². The molecule has 0 bridgehead atoms. The van der Waals surface area contributed by atoms with E-state index in [1.165, 1.54) is 0 Å². The molecule has 1 heterocycles. The maximum atomic E-state index is 11.7. The largest absolute Gasteiger partial charge is 0.354 e. The van der Waals surface area contributed by atoms with E-state index in [-0.39, 0.29) is 17.9 Å². The monoisotopic (exact) mass is 212 g/mol. The second-order valence-corrected chi connectivity index (χ2v) is 5.06. The van der Waals surface area contributed by atoms with Crippen LogP contribution in [0.1, 0.15) is 40.0 Å². The molecule has 0 aromatic rings. The zero-order valence-electron chi connectivity index (χ0n) is 9.72. The Morgan fingerprint density at radius 2 is 2.07 bits per heavy atom. The quantitative estimate of drug-likeness (QED) is 0.676. The van der Waals surface area contributed by atoms with Crippen LogP contribution in [0.5, 0.6) is 0 Å². The molecule has 1 aliphatic rings. The van der Waals surface area contributed by atoms with Crippen LogP contribution >= 0.6 is 0 Å². The third-order valence-corrected chi connectivity index (χ3v) is 2.52. The third-order valence-electron chi connectivity index (χ3n) is 2.52. The third kappa shape index (κ3) is 3.53. The Hall–Kier alpha value is -1.06. The molecule has 4 nitrogen and oxygen atoms in total. The number of nitrogens with one attached hydrogen (secondary N) is 2. The van der Waals surface area contributed by atoms with Crippen molar-refractivity contribution in [2.45, 2.75) is 46.1 Å². The number of hydrogen-bond acceptors (Lipinski definition) is 2. The lowest BCUT2D eigenvalue weighted by Gasteiger charge is -2.22. The highest BCUT2D eigenvalue weighted by Gasteiger charge is 2.27. The maximum Gasteiger partial charge on any atom is 0.242 e. The van der Waals surface area contributed by atoms with Crippen LogP contribution in [0.25, 0.3) is 0 Å². The molecule has 1 saturated heterocycles. The van der Waals surface area contributed by atoms with Gasteiger partial charge in [0.1, 0.15) is 6.04 Å². The van der Waals surface area contributed by atoms with Gasteiger partial charge in [-0.1, -0.05) is 20.8 Å². The van der Waals surface area contributed by atoms with Crippen molar-refractivity contribution in [2.24, 2.45) is 5.41 Å². The molecule has 0 aromatic carbocycles. The van der Waals surface area contributed by atoms with Crippen molar-refractivity contribution in [2.75, 3.05) is 6.54 Å². The molecular weight excluding hydrogens is 192 g/mol. The minimum absolute atomic E-state index is 0.0508. The summed E-state index contributed by atoms with van der Waals surface area (Å²) in [6, 6.07) is -0.348. The van der Waals surface area contributed by atoms with E-state index in [1.54, 1.807) is 0 Å². The molecule has 2 N–H and O–H groups in total. The van der Waals surface area contributed by atoms with Gasteiger partial charge in [0.05, 0.1) is 0 Å². The molecule has 0 unspecified atom stereocenters. The van der Waals surface area contributed by atoms with E-state index in [1.807, 2.05) is 20.8 Å². The van der Waals surface area contributed by atoms with E-state index in [9.17, 15) is 9.59 Å². The summed E-state index contributed by atoms with van der Waals surface area (Å²) in [6.45, 7) is 6.26. The first-order valence-electron chi connectivity index (χ1n) is 5.50. The number of rotatable bonds is 1. The summed E-state index contributed by atoms with van der Waals surface area (Å²) in [4.78, 5) is 23.3. The molecule has 0 aromatic heterocycles. The molecule has 86 valence electrons. The Bertz CT molecular complexity index is 256. The van der Waals surface area contributed by atoms with Gasteiger partial charge in [-0.3, -0.25) is 9.59 Å². The first-order chi connectivity index (χ1) is 6.91. The zero-order valence-corrected chi connectivity index (χ0v) is 9.72. The lowest BCUT2D eigenvalue weighted by Crippen LogP contribution is -2.48. The molecule has 0 spiro atoms. The Kier molecular flexibility index (Phi) is 3.72. The van der Waals surface area contributed by atoms with Gasteiger partial charge in [-0.15, -0.1) is 0 Å². The van der Waals surface area contributed by atoms with Crippen LogP contribution in [-0.2, 0) is 9.59 Å². The molecule has 1 fully saturated rings. The fourth-order valence-corrected chi connectivity index (χ4v) is 1.45. The fraction of sp³-hybridized carbons (Fsp3) is 0.818. The molecule has 1 rings (SSSR count). The molecule has 2 amide bonds. The van der Waals surface area contributed by atoms with E-state index in [2.05, 4.69) is 10.6 Å². The minimum Gasteiger partial charge on any atom is -0.354 e. The number of amides is 2. The fourth-order valence-electron chi connectivity index (χ4n) is 1.45. The summed E-state index contributed by atoms with van der Waals surface area (Å²) >= 11 is 0. The van der Waals surface area contributed by atoms with E-state index < -0.39 is 5.41 Å². The van der Waals surface area contributed by atoms with Crippen molar-refractivity contribution >= 4 is 11.8 Å². The van der Waals surface area contributed by atoms with Crippen LogP contribution in [-0.4, -0.2) is 24.4 Å². The maximum absolute atomic E-state index is 11.7. The Labute approximate surface area is 90.8 Å². The number of carbonyl (C=O) groups is 2. The molecule has 0 radical (unpaired) electrons. The summed E-state index contributed by atoms with van der Waals surface area (Å²) in [6.07, 6.45) is 2.72. The first-order valence-corrected chi connectivity index (χ1v) is 5.50. The average Bonchev–Trinajstić information content (AvgIpc) is 2.30. The SMILES string of the molecule is CC(C)(C)C(=O)N[C@H]1CCCCNC1=O. The van der Waals surface area contributed by atoms with Crippen molar-refractivity contribution in [3.8, 4) is 0 Å². The lowest BCUT2D eigenvalue weighted by atomic mass is 9.95. The minimum atomic E-state index is -0.438. The summed E-state index contributed by atoms with van der Waals surface area (Å²) in [5, 5.41) is 5.60. The predicted octanol–water partition coefficient (Wildman–Crippen LogP) is 0.817. The van der Waals surface area contributed by atoms with Crippen LogP contribution in [0.3, 0.4) is 0 Å². The van der Waals surface area contributed by atoms with Gasteiger partial charge in [-0.2, -0.15) is 0 Å². The lowest BCUT2D eigenvalue weighted by molar-refractivity contribution is -0.133. The van der Waals surface area contributed by atoms with Crippen molar-refractivity contribution in [1.29, 1.82) is 0 Å². The van der Waals surface area contributed by atoms with Crippen molar-refractivity contribution < 1.29 is 9.59 Å². The summed E-state index contributed by atoms with van der Waals surface area (Å²) in [5.74, 6) is -0.116. The average molecular weight is 212 g/mol. The van der Waals surface area contributed by atoms with E-state index >= 15 is 0 Å². The van der Waals surface area contributed by atoms with Gasteiger partial charge in [-0.05, 0) is 19.3 Å². The van der Waals surface area contributed by atoms with Crippen molar-refractivity contribution in [1.82, 2.24) is 10.6 Å². The first kappa shape index (κ1) is 12.0. The van der Waals surface area contributed by atoms with Gasteiger partial charge < -0.3 is 10.6 Å². The Morgan fingerprint density at radius 3 is 2.67 bits per heavy atom. The van der Waals surface area contributed by atoms with E-state index in [4.69, 9.17) is 0 Å². The molecular formula is C11H20N2O2. The van der Waals surface area contributed by atoms with E-state index in [0.29, 0.717) is 0 Å². The van der Waals surface area contributed by atoms with Gasteiger partial charge in [-0.25, -0.2) is 0 Å². The normalized spacial score (nSPS) is 22.9. The smallest absolute Gasteiger partial charge is 0.242 e. The zero-order chi connectivity index (χ0) is 11.5. The predicted molar refractivity (Wildman–Crippen MR) is 58.2 cm³/mol. The molecule has 0 aliphatic carbocycles. The van der Waals surface area contributed by atoms with Crippen LogP contribution in [0.4, 0.5) is 0 Å². The van der Waals surface area contributed by atoms with E-state index in [0.717, 1.165) is 25.8 Å². The highest BCUT2D eigenvalue weighted by Crippen LogP contribution is 2.14. The van der Waals surface area contributed by atoms with Crippen molar-refractivity contribution in [3.63, 3.8) is 0 Å².